The van der Waals surface area contributed by atoms with Crippen molar-refractivity contribution in [3.05, 3.63) is 78.1 Å². The van der Waals surface area contributed by atoms with Gasteiger partial charge >= 0.3 is 6.09 Å². The maximum Gasteiger partial charge on any atom is 0.411 e. The second-order valence-electron chi connectivity index (χ2n) is 8.73. The zero-order chi connectivity index (χ0) is 25.6. The van der Waals surface area contributed by atoms with Gasteiger partial charge in [-0.25, -0.2) is 14.9 Å². The number of tetrazole rings is 1. The molecule has 37 heavy (non-hydrogen) atoms. The number of hydrogen-bond donors (Lipinski definition) is 2. The van der Waals surface area contributed by atoms with E-state index in [0.29, 0.717) is 24.7 Å². The molecule has 3 aromatic carbocycles. The molecule has 2 aromatic heterocycles. The number of H-pyrrole nitrogens is 1. The van der Waals surface area contributed by atoms with Crippen molar-refractivity contribution in [3.63, 3.8) is 0 Å². The first-order valence-corrected chi connectivity index (χ1v) is 12.5. The number of fused-ring (bicyclic) bond motifs is 1. The molecule has 9 nitrogen and oxygen atoms in total. The van der Waals surface area contributed by atoms with E-state index in [2.05, 4.69) is 67.8 Å². The number of carbonyl (C=O) groups excluding carboxylic acids is 1. The summed E-state index contributed by atoms with van der Waals surface area (Å²) in [5, 5.41) is 17.2. The Morgan fingerprint density at radius 2 is 1.81 bits per heavy atom. The topological polar surface area (TPSA) is 111 Å². The first-order valence-electron chi connectivity index (χ1n) is 12.5. The number of hydrogen-bond acceptors (Lipinski definition) is 6. The number of para-hydroxylation sites is 1. The minimum absolute atomic E-state index is 0.311. The van der Waals surface area contributed by atoms with Crippen LogP contribution in [0.2, 0.25) is 0 Å². The van der Waals surface area contributed by atoms with Crippen LogP contribution >= 0.6 is 0 Å². The lowest BCUT2D eigenvalue weighted by molar-refractivity contribution is 0.168. The number of unbranched alkanes of at least 4 members (excludes halogenated alkanes) is 1. The van der Waals surface area contributed by atoms with Crippen LogP contribution in [0, 0.1) is 0 Å². The van der Waals surface area contributed by atoms with Gasteiger partial charge in [0.1, 0.15) is 5.82 Å². The molecule has 0 saturated carbocycles. The van der Waals surface area contributed by atoms with E-state index in [4.69, 9.17) is 9.72 Å². The Balaban J connectivity index is 1.49. The van der Waals surface area contributed by atoms with Crippen LogP contribution < -0.4 is 5.32 Å². The second kappa shape index (κ2) is 11.0. The van der Waals surface area contributed by atoms with E-state index in [1.54, 1.807) is 6.92 Å². The van der Waals surface area contributed by atoms with E-state index in [1.807, 2.05) is 36.4 Å². The number of benzene rings is 3. The first-order chi connectivity index (χ1) is 18.2. The zero-order valence-electron chi connectivity index (χ0n) is 20.9. The van der Waals surface area contributed by atoms with Crippen LogP contribution in [0.4, 0.5) is 10.5 Å². The Bertz CT molecular complexity index is 1490. The predicted octanol–water partition coefficient (Wildman–Crippen LogP) is 5.84. The number of imidazole rings is 1. The van der Waals surface area contributed by atoms with Crippen molar-refractivity contribution in [2.24, 2.45) is 0 Å². The van der Waals surface area contributed by atoms with Crippen LogP contribution in [0.5, 0.6) is 0 Å². The number of aryl methyl sites for hydroxylation is 1. The standard InChI is InChI=1S/C28H29N7O2/c1-3-5-13-25-29-23-11-8-12-24(30-28(36)37-4-2)26(23)35(25)18-19-14-16-20(17-15-19)21-9-6-7-10-22(21)27-31-33-34-32-27/h6-12,14-17H,3-5,13,18H2,1-2H3,(H,30,36)(H,31,32,33,34). The van der Waals surface area contributed by atoms with Gasteiger partial charge in [0.15, 0.2) is 5.82 Å². The smallest absolute Gasteiger partial charge is 0.411 e. The van der Waals surface area contributed by atoms with Gasteiger partial charge in [0.2, 0.25) is 0 Å². The van der Waals surface area contributed by atoms with Gasteiger partial charge in [0, 0.05) is 18.5 Å². The van der Waals surface area contributed by atoms with Crippen molar-refractivity contribution >= 4 is 22.8 Å². The molecule has 0 spiro atoms. The zero-order valence-corrected chi connectivity index (χ0v) is 20.9. The molecule has 9 heteroatoms. The highest BCUT2D eigenvalue weighted by molar-refractivity contribution is 5.97. The number of ether oxygens (including phenoxy) is 1. The van der Waals surface area contributed by atoms with Gasteiger partial charge in [0.05, 0.1) is 23.3 Å². The molecule has 0 bridgehead atoms. The van der Waals surface area contributed by atoms with Crippen LogP contribution in [0.3, 0.4) is 0 Å². The third-order valence-corrected chi connectivity index (χ3v) is 6.24. The van der Waals surface area contributed by atoms with Crippen LogP contribution in [0.1, 0.15) is 38.1 Å². The van der Waals surface area contributed by atoms with Crippen LogP contribution in [0.15, 0.2) is 66.7 Å². The monoisotopic (exact) mass is 495 g/mol. The predicted molar refractivity (Wildman–Crippen MR) is 143 cm³/mol. The summed E-state index contributed by atoms with van der Waals surface area (Å²) in [6, 6.07) is 22.3. The van der Waals surface area contributed by atoms with Crippen molar-refractivity contribution in [2.75, 3.05) is 11.9 Å². The molecule has 5 rings (SSSR count). The minimum Gasteiger partial charge on any atom is -0.450 e. The van der Waals surface area contributed by atoms with E-state index in [-0.39, 0.29) is 0 Å². The molecule has 188 valence electrons. The molecule has 2 heterocycles. The lowest BCUT2D eigenvalue weighted by Crippen LogP contribution is -2.14. The Labute approximate surface area is 214 Å². The normalized spacial score (nSPS) is 11.1. The Hall–Kier alpha value is -4.53. The van der Waals surface area contributed by atoms with E-state index in [9.17, 15) is 4.79 Å². The van der Waals surface area contributed by atoms with Crippen molar-refractivity contribution in [2.45, 2.75) is 39.7 Å². The highest BCUT2D eigenvalue weighted by atomic mass is 16.5. The fourth-order valence-electron chi connectivity index (χ4n) is 4.49. The summed E-state index contributed by atoms with van der Waals surface area (Å²) in [7, 11) is 0. The van der Waals surface area contributed by atoms with Crippen molar-refractivity contribution < 1.29 is 9.53 Å². The fourth-order valence-corrected chi connectivity index (χ4v) is 4.49. The quantitative estimate of drug-likeness (QED) is 0.266. The number of amides is 1. The average Bonchev–Trinajstić information content (AvgIpc) is 3.57. The van der Waals surface area contributed by atoms with Crippen molar-refractivity contribution in [1.82, 2.24) is 30.2 Å². The molecule has 0 aliphatic rings. The SMILES string of the molecule is CCCCc1nc2cccc(NC(=O)OCC)c2n1Cc1ccc(-c2ccccc2-c2nnn[nH]2)cc1. The number of aromatic amines is 1. The van der Waals surface area contributed by atoms with Gasteiger partial charge in [-0.15, -0.1) is 5.10 Å². The summed E-state index contributed by atoms with van der Waals surface area (Å²) in [6.45, 7) is 4.90. The molecule has 5 aromatic rings. The molecular weight excluding hydrogens is 466 g/mol. The van der Waals surface area contributed by atoms with E-state index >= 15 is 0 Å². The summed E-state index contributed by atoms with van der Waals surface area (Å²) in [6.07, 6.45) is 2.51. The number of nitrogens with one attached hydrogen (secondary N) is 2. The number of anilines is 1. The molecule has 0 aliphatic carbocycles. The summed E-state index contributed by atoms with van der Waals surface area (Å²) in [5.41, 5.74) is 6.63. The average molecular weight is 496 g/mol. The van der Waals surface area contributed by atoms with Gasteiger partial charge in [0.25, 0.3) is 0 Å². The van der Waals surface area contributed by atoms with E-state index < -0.39 is 6.09 Å². The fraction of sp³-hybridized carbons (Fsp3) is 0.250. The van der Waals surface area contributed by atoms with Gasteiger partial charge in [-0.1, -0.05) is 67.9 Å². The lowest BCUT2D eigenvalue weighted by Gasteiger charge is -2.13. The summed E-state index contributed by atoms with van der Waals surface area (Å²) in [4.78, 5) is 17.1. The molecular formula is C28H29N7O2. The maximum absolute atomic E-state index is 12.2. The van der Waals surface area contributed by atoms with Crippen LogP contribution in [-0.4, -0.2) is 42.9 Å². The molecule has 0 atom stereocenters. The molecule has 0 radical (unpaired) electrons. The summed E-state index contributed by atoms with van der Waals surface area (Å²) < 4.78 is 7.33. The number of aromatic nitrogens is 6. The van der Waals surface area contributed by atoms with Gasteiger partial charge in [-0.3, -0.25) is 5.32 Å². The van der Waals surface area contributed by atoms with Crippen LogP contribution in [0.25, 0.3) is 33.5 Å². The highest BCUT2D eigenvalue weighted by Crippen LogP contribution is 2.31. The number of rotatable bonds is 9. The second-order valence-corrected chi connectivity index (χ2v) is 8.73. The van der Waals surface area contributed by atoms with Crippen LogP contribution in [-0.2, 0) is 17.7 Å². The molecule has 2 N–H and O–H groups in total. The van der Waals surface area contributed by atoms with Gasteiger partial charge < -0.3 is 9.30 Å². The molecule has 1 amide bonds. The summed E-state index contributed by atoms with van der Waals surface area (Å²) in [5.74, 6) is 1.63. The van der Waals surface area contributed by atoms with E-state index in [1.165, 1.54) is 0 Å². The minimum atomic E-state index is -0.470. The molecule has 0 aliphatic heterocycles. The lowest BCUT2D eigenvalue weighted by atomic mass is 9.98. The number of nitrogens with zero attached hydrogens (tertiary/aromatic N) is 5. The third-order valence-electron chi connectivity index (χ3n) is 6.24. The Kier molecular flexibility index (Phi) is 7.21. The first kappa shape index (κ1) is 24.2. The third kappa shape index (κ3) is 5.20. The largest absolute Gasteiger partial charge is 0.450 e. The molecule has 0 unspecified atom stereocenters. The Morgan fingerprint density at radius 1 is 1.00 bits per heavy atom. The Morgan fingerprint density at radius 3 is 2.54 bits per heavy atom. The van der Waals surface area contributed by atoms with Gasteiger partial charge in [-0.2, -0.15) is 0 Å². The summed E-state index contributed by atoms with van der Waals surface area (Å²) >= 11 is 0. The molecule has 0 saturated heterocycles. The maximum atomic E-state index is 12.2. The van der Waals surface area contributed by atoms with Crippen molar-refractivity contribution in [3.8, 4) is 22.5 Å². The number of carbonyl (C=O) groups is 1. The highest BCUT2D eigenvalue weighted by Gasteiger charge is 2.17. The van der Waals surface area contributed by atoms with Crippen molar-refractivity contribution in [1.29, 1.82) is 0 Å². The molecule has 0 fully saturated rings. The van der Waals surface area contributed by atoms with Gasteiger partial charge in [-0.05, 0) is 52.6 Å². The van der Waals surface area contributed by atoms with E-state index in [0.717, 1.165) is 58.4 Å².